The van der Waals surface area contributed by atoms with E-state index >= 15 is 0 Å². The lowest BCUT2D eigenvalue weighted by atomic mass is 9.50. The molecule has 0 aromatic heterocycles. The topological polar surface area (TPSA) is 66.8 Å². The molecule has 130 valence electrons. The van der Waals surface area contributed by atoms with Crippen LogP contribution in [0.25, 0.3) is 0 Å². The Morgan fingerprint density at radius 2 is 2.28 bits per heavy atom. The average Bonchev–Trinajstić information content (AvgIpc) is 2.93. The van der Waals surface area contributed by atoms with E-state index in [4.69, 9.17) is 4.74 Å². The van der Waals surface area contributed by atoms with Crippen molar-refractivity contribution in [1.29, 1.82) is 0 Å². The molecule has 1 saturated carbocycles. The predicted octanol–water partition coefficient (Wildman–Crippen LogP) is 1.57. The lowest BCUT2D eigenvalue weighted by molar-refractivity contribution is -0.892. The molecule has 5 nitrogen and oxygen atoms in total. The maximum absolute atomic E-state index is 12.7. The Morgan fingerprint density at radius 3 is 3.04 bits per heavy atom. The summed E-state index contributed by atoms with van der Waals surface area (Å²) in [4.78, 5) is 12.7. The first-order chi connectivity index (χ1) is 11.9. The van der Waals surface area contributed by atoms with Gasteiger partial charge in [-0.15, -0.1) is 0 Å². The highest BCUT2D eigenvalue weighted by atomic mass is 16.5. The van der Waals surface area contributed by atoms with Crippen LogP contribution >= 0.6 is 0 Å². The first-order valence-electron chi connectivity index (χ1n) is 8.81. The third kappa shape index (κ3) is 1.46. The fourth-order valence-electron chi connectivity index (χ4n) is 5.80. The molecule has 0 saturated heterocycles. The summed E-state index contributed by atoms with van der Waals surface area (Å²) in [6.45, 7) is 4.59. The van der Waals surface area contributed by atoms with Crippen molar-refractivity contribution in [1.82, 2.24) is 0 Å². The van der Waals surface area contributed by atoms with Crippen molar-refractivity contribution in [3.05, 3.63) is 48.2 Å². The van der Waals surface area contributed by atoms with Crippen molar-refractivity contribution in [3.8, 4) is 11.5 Å². The summed E-state index contributed by atoms with van der Waals surface area (Å²) in [6.07, 6.45) is 6.57. The van der Waals surface area contributed by atoms with Gasteiger partial charge in [0.05, 0.1) is 13.2 Å². The smallest absolute Gasteiger partial charge is 0.174 e. The predicted molar refractivity (Wildman–Crippen MR) is 91.3 cm³/mol. The number of hydrogen-bond acceptors (Lipinski definition) is 4. The summed E-state index contributed by atoms with van der Waals surface area (Å²) < 4.78 is 6.53. The minimum absolute atomic E-state index is 0.00338. The van der Waals surface area contributed by atoms with Crippen molar-refractivity contribution < 1.29 is 24.2 Å². The number of ketones is 1. The van der Waals surface area contributed by atoms with Crippen molar-refractivity contribution in [2.24, 2.45) is 0 Å². The van der Waals surface area contributed by atoms with Gasteiger partial charge in [-0.3, -0.25) is 9.28 Å². The van der Waals surface area contributed by atoms with E-state index in [0.29, 0.717) is 36.0 Å². The third-order valence-electron chi connectivity index (χ3n) is 6.92. The number of ether oxygens (including phenoxy) is 1. The van der Waals surface area contributed by atoms with Crippen molar-refractivity contribution in [2.75, 3.05) is 13.6 Å². The molecule has 5 rings (SSSR count). The molecule has 5 atom stereocenters. The van der Waals surface area contributed by atoms with E-state index in [-0.39, 0.29) is 17.6 Å². The molecule has 1 aromatic rings. The van der Waals surface area contributed by atoms with Gasteiger partial charge in [0, 0.05) is 18.4 Å². The molecular weight excluding hydrogens is 318 g/mol. The fourth-order valence-corrected chi connectivity index (χ4v) is 5.80. The highest BCUT2D eigenvalue weighted by molar-refractivity contribution is 5.90. The number of benzene rings is 1. The third-order valence-corrected chi connectivity index (χ3v) is 6.92. The number of carbonyl (C=O) groups is 1. The molecule has 25 heavy (non-hydrogen) atoms. The molecule has 0 radical (unpaired) electrons. The van der Waals surface area contributed by atoms with Gasteiger partial charge in [-0.2, -0.15) is 0 Å². The second-order valence-electron chi connectivity index (χ2n) is 8.06. The van der Waals surface area contributed by atoms with E-state index in [9.17, 15) is 15.0 Å². The number of phenols is 1. The van der Waals surface area contributed by atoms with Gasteiger partial charge >= 0.3 is 0 Å². The number of rotatable bonds is 2. The van der Waals surface area contributed by atoms with Crippen molar-refractivity contribution >= 4 is 5.78 Å². The number of aromatic hydroxyl groups is 1. The van der Waals surface area contributed by atoms with Crippen LogP contribution in [0.5, 0.6) is 11.5 Å². The second-order valence-corrected chi connectivity index (χ2v) is 8.06. The molecule has 1 aromatic carbocycles. The Hall–Kier alpha value is -2.11. The van der Waals surface area contributed by atoms with Crippen LogP contribution < -0.4 is 4.74 Å². The van der Waals surface area contributed by atoms with Crippen molar-refractivity contribution in [3.63, 3.8) is 0 Å². The number of likely N-dealkylation sites (N-methyl/N-ethyl adjacent to an activating group) is 1. The Balaban J connectivity index is 1.87. The molecule has 2 aliphatic heterocycles. The van der Waals surface area contributed by atoms with Gasteiger partial charge in [-0.25, -0.2) is 0 Å². The van der Waals surface area contributed by atoms with Crippen LogP contribution in [0.4, 0.5) is 0 Å². The molecule has 2 bridgehead atoms. The van der Waals surface area contributed by atoms with Crippen molar-refractivity contribution in [2.45, 2.75) is 42.4 Å². The summed E-state index contributed by atoms with van der Waals surface area (Å²) in [6, 6.07) is 3.46. The van der Waals surface area contributed by atoms with Crippen LogP contribution in [0.2, 0.25) is 0 Å². The Kier molecular flexibility index (Phi) is 2.64. The molecular formula is C20H22NO4+. The molecule has 2 heterocycles. The standard InChI is InChI=1S/C20H21NO4/c1-3-9-21(2)10-8-19-16-12-4-5-13(22)17(16)25-18(19)14(23)6-7-20(19,24)15(21)11-12/h3-5,8,10,15,18,24H,1,6-7,9,11H2,2H3/p+1/t15-,18+,19+,20-,21+/m1/s1. The maximum Gasteiger partial charge on any atom is 0.174 e. The quantitative estimate of drug-likeness (QED) is 0.634. The highest BCUT2D eigenvalue weighted by Gasteiger charge is 2.75. The van der Waals surface area contributed by atoms with Crippen LogP contribution in [-0.4, -0.2) is 51.8 Å². The van der Waals surface area contributed by atoms with Gasteiger partial charge in [0.1, 0.15) is 23.6 Å². The second kappa shape index (κ2) is 4.34. The molecule has 5 heteroatoms. The molecule has 1 spiro atoms. The largest absolute Gasteiger partial charge is 0.504 e. The van der Waals surface area contributed by atoms with Crippen LogP contribution in [0, 0.1) is 0 Å². The molecule has 2 N–H and O–H groups in total. The van der Waals surface area contributed by atoms with Crippen LogP contribution in [0.1, 0.15) is 24.0 Å². The SMILES string of the molecule is C=CC[N@@+]1(C)C=C[C@]23c4c5ccc(O)c4O[C@H]2C(=O)CC[C@@]3(O)[C@H]1C5. The van der Waals surface area contributed by atoms with E-state index in [1.807, 2.05) is 18.2 Å². The average molecular weight is 340 g/mol. The number of aliphatic hydroxyl groups is 1. The first kappa shape index (κ1) is 15.2. The van der Waals surface area contributed by atoms with Gasteiger partial charge in [0.2, 0.25) is 0 Å². The van der Waals surface area contributed by atoms with E-state index < -0.39 is 17.1 Å². The zero-order valence-electron chi connectivity index (χ0n) is 14.2. The first-order valence-corrected chi connectivity index (χ1v) is 8.81. The highest BCUT2D eigenvalue weighted by Crippen LogP contribution is 2.64. The Morgan fingerprint density at radius 1 is 1.48 bits per heavy atom. The molecule has 2 aliphatic carbocycles. The van der Waals surface area contributed by atoms with Crippen LogP contribution in [-0.2, 0) is 16.6 Å². The summed E-state index contributed by atoms with van der Waals surface area (Å²) in [5, 5.41) is 22.3. The number of Topliss-reactive ketones (excluding diaryl/α,β-unsaturated/α-hetero) is 1. The molecule has 0 amide bonds. The normalized spacial score (nSPS) is 42.7. The number of carbonyl (C=O) groups excluding carboxylic acids is 1. The molecule has 1 fully saturated rings. The summed E-state index contributed by atoms with van der Waals surface area (Å²) >= 11 is 0. The Bertz CT molecular complexity index is 861. The minimum Gasteiger partial charge on any atom is -0.504 e. The molecule has 4 aliphatic rings. The lowest BCUT2D eigenvalue weighted by Gasteiger charge is -2.60. The summed E-state index contributed by atoms with van der Waals surface area (Å²) in [5.74, 6) is 0.411. The minimum atomic E-state index is -1.08. The molecule has 0 unspecified atom stereocenters. The fraction of sp³-hybridized carbons (Fsp3) is 0.450. The van der Waals surface area contributed by atoms with Gasteiger partial charge in [0.15, 0.2) is 23.4 Å². The zero-order valence-corrected chi connectivity index (χ0v) is 14.2. The van der Waals surface area contributed by atoms with Gasteiger partial charge in [-0.1, -0.05) is 12.6 Å². The van der Waals surface area contributed by atoms with Gasteiger partial charge in [0.25, 0.3) is 0 Å². The Labute approximate surface area is 146 Å². The van der Waals surface area contributed by atoms with E-state index in [0.717, 1.165) is 11.1 Å². The van der Waals surface area contributed by atoms with Gasteiger partial charge in [-0.05, 0) is 30.2 Å². The number of phenolic OH excluding ortho intramolecular Hbond substituents is 1. The number of nitrogens with zero attached hydrogens (tertiary/aromatic N) is 1. The van der Waals surface area contributed by atoms with Crippen LogP contribution in [0.3, 0.4) is 0 Å². The lowest BCUT2D eigenvalue weighted by Crippen LogP contribution is -2.77. The summed E-state index contributed by atoms with van der Waals surface area (Å²) in [5.41, 5.74) is -0.111. The van der Waals surface area contributed by atoms with E-state index in [1.54, 1.807) is 6.07 Å². The summed E-state index contributed by atoms with van der Waals surface area (Å²) in [7, 11) is 2.10. The maximum atomic E-state index is 12.7. The van der Waals surface area contributed by atoms with E-state index in [1.165, 1.54) is 0 Å². The number of hydrogen-bond donors (Lipinski definition) is 2. The number of quaternary nitrogens is 1. The van der Waals surface area contributed by atoms with Crippen LogP contribution in [0.15, 0.2) is 37.1 Å². The van der Waals surface area contributed by atoms with Gasteiger partial charge < -0.3 is 14.9 Å². The van der Waals surface area contributed by atoms with E-state index in [2.05, 4.69) is 19.8 Å². The monoisotopic (exact) mass is 340 g/mol. The zero-order chi connectivity index (χ0) is 17.6.